The molecule has 2 amide bonds. The SMILES string of the molecule is NC(=O)[C@@H](Cc1cc(Cl)ccc1Br)NC(=O)c1ccc(Cl)cc1. The van der Waals surface area contributed by atoms with Crippen LogP contribution in [0.4, 0.5) is 0 Å². The fourth-order valence-corrected chi connectivity index (χ4v) is 2.71. The third-order valence-electron chi connectivity index (χ3n) is 3.19. The first-order valence-corrected chi connectivity index (χ1v) is 8.21. The molecule has 0 aliphatic carbocycles. The van der Waals surface area contributed by atoms with Crippen LogP contribution < -0.4 is 11.1 Å². The molecule has 3 N–H and O–H groups in total. The Morgan fingerprint density at radius 1 is 1.09 bits per heavy atom. The summed E-state index contributed by atoms with van der Waals surface area (Å²) in [7, 11) is 0. The van der Waals surface area contributed by atoms with E-state index in [9.17, 15) is 9.59 Å². The third kappa shape index (κ3) is 4.96. The average Bonchev–Trinajstić information content (AvgIpc) is 2.50. The normalized spacial score (nSPS) is 11.8. The van der Waals surface area contributed by atoms with Crippen LogP contribution in [-0.4, -0.2) is 17.9 Å². The molecule has 4 nitrogen and oxygen atoms in total. The maximum Gasteiger partial charge on any atom is 0.251 e. The lowest BCUT2D eigenvalue weighted by Gasteiger charge is -2.16. The Labute approximate surface area is 152 Å². The molecular formula is C16H13BrCl2N2O2. The summed E-state index contributed by atoms with van der Waals surface area (Å²) in [5, 5.41) is 3.69. The Hall–Kier alpha value is -1.56. The summed E-state index contributed by atoms with van der Waals surface area (Å²) >= 11 is 15.1. The van der Waals surface area contributed by atoms with Crippen molar-refractivity contribution in [2.45, 2.75) is 12.5 Å². The lowest BCUT2D eigenvalue weighted by Crippen LogP contribution is -2.45. The molecule has 0 saturated heterocycles. The van der Waals surface area contributed by atoms with Gasteiger partial charge in [0.25, 0.3) is 5.91 Å². The zero-order valence-electron chi connectivity index (χ0n) is 11.9. The van der Waals surface area contributed by atoms with E-state index in [1.807, 2.05) is 0 Å². The van der Waals surface area contributed by atoms with Crippen molar-refractivity contribution >= 4 is 50.9 Å². The number of hydrogen-bond donors (Lipinski definition) is 2. The van der Waals surface area contributed by atoms with Crippen LogP contribution in [0.5, 0.6) is 0 Å². The van der Waals surface area contributed by atoms with E-state index in [1.54, 1.807) is 42.5 Å². The lowest BCUT2D eigenvalue weighted by molar-refractivity contribution is -0.119. The number of primary amides is 1. The summed E-state index contributed by atoms with van der Waals surface area (Å²) in [6.07, 6.45) is 0.232. The predicted octanol–water partition coefficient (Wildman–Crippen LogP) is 3.58. The highest BCUT2D eigenvalue weighted by Crippen LogP contribution is 2.22. The number of carbonyl (C=O) groups is 2. The molecule has 1 atom stereocenters. The minimum Gasteiger partial charge on any atom is -0.368 e. The van der Waals surface area contributed by atoms with E-state index in [0.29, 0.717) is 15.6 Å². The van der Waals surface area contributed by atoms with Crippen molar-refractivity contribution in [3.8, 4) is 0 Å². The van der Waals surface area contributed by atoms with Gasteiger partial charge in [-0.2, -0.15) is 0 Å². The van der Waals surface area contributed by atoms with E-state index in [2.05, 4.69) is 21.2 Å². The molecule has 0 aromatic heterocycles. The Morgan fingerprint density at radius 2 is 1.70 bits per heavy atom. The Bertz CT molecular complexity index is 735. The minimum absolute atomic E-state index is 0.232. The van der Waals surface area contributed by atoms with Gasteiger partial charge in [0.15, 0.2) is 0 Å². The highest BCUT2D eigenvalue weighted by molar-refractivity contribution is 9.10. The van der Waals surface area contributed by atoms with Gasteiger partial charge < -0.3 is 11.1 Å². The quantitative estimate of drug-likeness (QED) is 0.783. The summed E-state index contributed by atoms with van der Waals surface area (Å²) in [6.45, 7) is 0. The lowest BCUT2D eigenvalue weighted by atomic mass is 10.0. The first-order valence-electron chi connectivity index (χ1n) is 6.66. The number of rotatable bonds is 5. The molecule has 0 aliphatic heterocycles. The van der Waals surface area contributed by atoms with Crippen LogP contribution >= 0.6 is 39.1 Å². The number of amides is 2. The molecule has 0 fully saturated rings. The predicted molar refractivity (Wildman–Crippen MR) is 94.8 cm³/mol. The molecule has 2 aromatic carbocycles. The molecule has 120 valence electrons. The van der Waals surface area contributed by atoms with Crippen LogP contribution in [0.2, 0.25) is 10.0 Å². The molecule has 7 heteroatoms. The summed E-state index contributed by atoms with van der Waals surface area (Å²) in [5.74, 6) is -1.03. The molecule has 0 bridgehead atoms. The molecule has 0 saturated carbocycles. The number of hydrogen-bond acceptors (Lipinski definition) is 2. The second kappa shape index (κ2) is 7.81. The standard InChI is InChI=1S/C16H13BrCl2N2O2/c17-13-6-5-12(19)7-10(13)8-14(15(20)22)21-16(23)9-1-3-11(18)4-2-9/h1-7,14H,8H2,(H2,20,22)(H,21,23)/t14-/m1/s1. The number of benzene rings is 2. The largest absolute Gasteiger partial charge is 0.368 e. The van der Waals surface area contributed by atoms with Crippen LogP contribution in [-0.2, 0) is 11.2 Å². The van der Waals surface area contributed by atoms with Crippen LogP contribution in [0.1, 0.15) is 15.9 Å². The zero-order chi connectivity index (χ0) is 17.0. The van der Waals surface area contributed by atoms with Crippen LogP contribution in [0, 0.1) is 0 Å². The number of nitrogens with two attached hydrogens (primary N) is 1. The van der Waals surface area contributed by atoms with Gasteiger partial charge in [0.05, 0.1) is 0 Å². The van der Waals surface area contributed by atoms with Crippen molar-refractivity contribution in [3.63, 3.8) is 0 Å². The number of halogens is 3. The van der Waals surface area contributed by atoms with Gasteiger partial charge >= 0.3 is 0 Å². The van der Waals surface area contributed by atoms with Gasteiger partial charge in [-0.3, -0.25) is 9.59 Å². The van der Waals surface area contributed by atoms with Crippen molar-refractivity contribution in [2.24, 2.45) is 5.73 Å². The van der Waals surface area contributed by atoms with Crippen molar-refractivity contribution in [1.82, 2.24) is 5.32 Å². The van der Waals surface area contributed by atoms with Gasteiger partial charge in [-0.25, -0.2) is 0 Å². The van der Waals surface area contributed by atoms with Gasteiger partial charge in [0.2, 0.25) is 5.91 Å². The molecule has 0 aliphatic rings. The van der Waals surface area contributed by atoms with E-state index in [1.165, 1.54) is 0 Å². The first-order chi connectivity index (χ1) is 10.9. The number of nitrogens with one attached hydrogen (secondary N) is 1. The summed E-state index contributed by atoms with van der Waals surface area (Å²) < 4.78 is 0.786. The molecular weight excluding hydrogens is 403 g/mol. The highest BCUT2D eigenvalue weighted by atomic mass is 79.9. The van der Waals surface area contributed by atoms with Crippen molar-refractivity contribution in [2.75, 3.05) is 0 Å². The van der Waals surface area contributed by atoms with E-state index in [-0.39, 0.29) is 6.42 Å². The van der Waals surface area contributed by atoms with Crippen molar-refractivity contribution in [3.05, 3.63) is 68.1 Å². The fraction of sp³-hybridized carbons (Fsp3) is 0.125. The van der Waals surface area contributed by atoms with Crippen LogP contribution in [0.15, 0.2) is 46.9 Å². The van der Waals surface area contributed by atoms with Gasteiger partial charge in [-0.1, -0.05) is 39.1 Å². The Morgan fingerprint density at radius 3 is 2.30 bits per heavy atom. The molecule has 0 radical (unpaired) electrons. The van der Waals surface area contributed by atoms with Gasteiger partial charge in [0.1, 0.15) is 6.04 Å². The second-order valence-electron chi connectivity index (χ2n) is 4.88. The molecule has 2 rings (SSSR count). The monoisotopic (exact) mass is 414 g/mol. The minimum atomic E-state index is -0.854. The molecule has 2 aromatic rings. The van der Waals surface area contributed by atoms with E-state index in [0.717, 1.165) is 10.0 Å². The Kier molecular flexibility index (Phi) is 6.04. The van der Waals surface area contributed by atoms with E-state index < -0.39 is 17.9 Å². The molecule has 0 heterocycles. The molecule has 0 unspecified atom stereocenters. The molecule has 23 heavy (non-hydrogen) atoms. The van der Waals surface area contributed by atoms with E-state index >= 15 is 0 Å². The van der Waals surface area contributed by atoms with Crippen LogP contribution in [0.3, 0.4) is 0 Å². The molecule has 0 spiro atoms. The fourth-order valence-electron chi connectivity index (χ4n) is 1.99. The van der Waals surface area contributed by atoms with Gasteiger partial charge in [-0.05, 0) is 48.0 Å². The first kappa shape index (κ1) is 17.8. The maximum atomic E-state index is 12.2. The zero-order valence-corrected chi connectivity index (χ0v) is 15.0. The highest BCUT2D eigenvalue weighted by Gasteiger charge is 2.20. The van der Waals surface area contributed by atoms with Gasteiger partial charge in [-0.15, -0.1) is 0 Å². The maximum absolute atomic E-state index is 12.2. The average molecular weight is 416 g/mol. The van der Waals surface area contributed by atoms with E-state index in [4.69, 9.17) is 28.9 Å². The van der Waals surface area contributed by atoms with Crippen molar-refractivity contribution < 1.29 is 9.59 Å². The van der Waals surface area contributed by atoms with Crippen molar-refractivity contribution in [1.29, 1.82) is 0 Å². The van der Waals surface area contributed by atoms with Gasteiger partial charge in [0, 0.05) is 26.5 Å². The summed E-state index contributed by atoms with van der Waals surface area (Å²) in [6, 6.07) is 10.7. The topological polar surface area (TPSA) is 72.2 Å². The Balaban J connectivity index is 2.15. The second-order valence-corrected chi connectivity index (χ2v) is 6.60. The summed E-state index contributed by atoms with van der Waals surface area (Å²) in [5.41, 5.74) is 6.57. The number of carbonyl (C=O) groups excluding carboxylic acids is 2. The smallest absolute Gasteiger partial charge is 0.251 e. The van der Waals surface area contributed by atoms with Crippen LogP contribution in [0.25, 0.3) is 0 Å². The summed E-state index contributed by atoms with van der Waals surface area (Å²) in [4.78, 5) is 23.9. The third-order valence-corrected chi connectivity index (χ3v) is 4.45.